The fraction of sp³-hybridized carbons (Fsp3) is 0.100. The number of thiocarbonyl (C=S) groups is 1. The van der Waals surface area contributed by atoms with Gasteiger partial charge in [0.05, 0.1) is 9.95 Å². The number of rotatable bonds is 4. The maximum atomic E-state index is 12.1. The van der Waals surface area contributed by atoms with Crippen molar-refractivity contribution in [3.63, 3.8) is 0 Å². The summed E-state index contributed by atoms with van der Waals surface area (Å²) in [7, 11) is 2.02. The molecule has 0 fully saturated rings. The summed E-state index contributed by atoms with van der Waals surface area (Å²) in [5.41, 5.74) is 4.09. The molecule has 24 heavy (non-hydrogen) atoms. The molecule has 1 aliphatic heterocycles. The van der Waals surface area contributed by atoms with Crippen LogP contribution in [0.15, 0.2) is 72.4 Å². The topological polar surface area (TPSA) is 20.3 Å². The molecule has 0 bridgehead atoms. The second-order valence-electron chi connectivity index (χ2n) is 5.42. The lowest BCUT2D eigenvalue weighted by molar-refractivity contribution is 0.102. The van der Waals surface area contributed by atoms with Crippen molar-refractivity contribution in [1.29, 1.82) is 0 Å². The fourth-order valence-electron chi connectivity index (χ4n) is 2.51. The Balaban J connectivity index is 1.65. The number of allylic oxidation sites excluding steroid dienone is 1. The molecule has 4 heteroatoms. The zero-order valence-corrected chi connectivity index (χ0v) is 14.9. The molecule has 1 heterocycles. The van der Waals surface area contributed by atoms with Crippen LogP contribution in [0.4, 0.5) is 5.69 Å². The van der Waals surface area contributed by atoms with Crippen molar-refractivity contribution in [2.45, 2.75) is 0 Å². The van der Waals surface area contributed by atoms with Gasteiger partial charge in [-0.2, -0.15) is 0 Å². The Kier molecular flexibility index (Phi) is 5.28. The molecule has 0 amide bonds. The summed E-state index contributed by atoms with van der Waals surface area (Å²) in [6.45, 7) is 0. The van der Waals surface area contributed by atoms with Crippen LogP contribution in [0.1, 0.15) is 15.9 Å². The van der Waals surface area contributed by atoms with E-state index in [1.165, 1.54) is 17.3 Å². The first kappa shape index (κ1) is 16.7. The van der Waals surface area contributed by atoms with Crippen molar-refractivity contribution in [2.24, 2.45) is 0 Å². The molecule has 0 aromatic heterocycles. The summed E-state index contributed by atoms with van der Waals surface area (Å²) in [6, 6.07) is 17.5. The van der Waals surface area contributed by atoms with Crippen LogP contribution >= 0.6 is 24.0 Å². The molecule has 0 atom stereocenters. The predicted octanol–water partition coefficient (Wildman–Crippen LogP) is 4.98. The Bertz CT molecular complexity index is 825. The van der Waals surface area contributed by atoms with Crippen LogP contribution in [0.2, 0.25) is 0 Å². The van der Waals surface area contributed by atoms with Gasteiger partial charge in [0, 0.05) is 24.0 Å². The summed E-state index contributed by atoms with van der Waals surface area (Å²) >= 11 is 6.83. The monoisotopic (exact) mass is 351 g/mol. The van der Waals surface area contributed by atoms with E-state index in [9.17, 15) is 4.79 Å². The molecule has 120 valence electrons. The van der Waals surface area contributed by atoms with Crippen molar-refractivity contribution in [1.82, 2.24) is 0 Å². The number of carbonyl (C=O) groups is 1. The first-order valence-corrected chi connectivity index (χ1v) is 9.02. The quantitative estimate of drug-likeness (QED) is 0.440. The lowest BCUT2D eigenvalue weighted by atomic mass is 10.1. The second-order valence-corrected chi connectivity index (χ2v) is 7.13. The van der Waals surface area contributed by atoms with Gasteiger partial charge in [-0.25, -0.2) is 0 Å². The lowest BCUT2D eigenvalue weighted by Crippen LogP contribution is -2.19. The van der Waals surface area contributed by atoms with Gasteiger partial charge in [-0.1, -0.05) is 66.8 Å². The largest absolute Gasteiger partial charge is 0.344 e. The maximum absolute atomic E-state index is 12.1. The van der Waals surface area contributed by atoms with E-state index >= 15 is 0 Å². The third-order valence-corrected chi connectivity index (χ3v) is 5.11. The third-order valence-electron chi connectivity index (χ3n) is 3.83. The van der Waals surface area contributed by atoms with E-state index in [1.54, 1.807) is 0 Å². The highest BCUT2D eigenvalue weighted by atomic mass is 32.2. The van der Waals surface area contributed by atoms with Gasteiger partial charge in [-0.3, -0.25) is 4.79 Å². The van der Waals surface area contributed by atoms with Gasteiger partial charge in [-0.15, -0.1) is 11.8 Å². The van der Waals surface area contributed by atoms with E-state index in [0.717, 1.165) is 16.9 Å². The molecule has 0 unspecified atom stereocenters. The lowest BCUT2D eigenvalue weighted by Gasteiger charge is -2.26. The molecular weight excluding hydrogens is 334 g/mol. The molecule has 0 aliphatic carbocycles. The molecule has 0 spiro atoms. The van der Waals surface area contributed by atoms with Crippen LogP contribution in [-0.2, 0) is 0 Å². The van der Waals surface area contributed by atoms with Crippen LogP contribution in [-0.4, -0.2) is 22.8 Å². The normalized spacial score (nSPS) is 14.5. The summed E-state index contributed by atoms with van der Waals surface area (Å²) in [6.07, 6.45) is 6.09. The van der Waals surface area contributed by atoms with E-state index in [-0.39, 0.29) is 5.78 Å². The Morgan fingerprint density at radius 1 is 1.08 bits per heavy atom. The average molecular weight is 351 g/mol. The first-order chi connectivity index (χ1) is 11.6. The van der Waals surface area contributed by atoms with Gasteiger partial charge in [0.1, 0.15) is 0 Å². The highest BCUT2D eigenvalue weighted by Gasteiger charge is 2.14. The molecule has 2 nitrogen and oxygen atoms in total. The van der Waals surface area contributed by atoms with Gasteiger partial charge in [0.2, 0.25) is 0 Å². The van der Waals surface area contributed by atoms with E-state index in [0.29, 0.717) is 9.95 Å². The number of likely N-dealkylation sites (N-methyl/N-ethyl adjacent to an activating group) is 1. The molecule has 1 aliphatic rings. The predicted molar refractivity (Wildman–Crippen MR) is 108 cm³/mol. The number of hydrogen-bond donors (Lipinski definition) is 0. The molecule has 2 aromatic rings. The van der Waals surface area contributed by atoms with Crippen LogP contribution in [0, 0.1) is 0 Å². The summed E-state index contributed by atoms with van der Waals surface area (Å²) in [4.78, 5) is 14.3. The van der Waals surface area contributed by atoms with Crippen molar-refractivity contribution < 1.29 is 4.79 Å². The second kappa shape index (κ2) is 7.60. The van der Waals surface area contributed by atoms with E-state index < -0.39 is 0 Å². The van der Waals surface area contributed by atoms with E-state index in [1.807, 2.05) is 61.7 Å². The highest BCUT2D eigenvalue weighted by molar-refractivity contribution is 8.24. The number of Topliss-reactive ketones (excluding diaryl/α,β-unsaturated/α-hetero) is 1. The van der Waals surface area contributed by atoms with E-state index in [2.05, 4.69) is 23.1 Å². The minimum atomic E-state index is 0.0965. The number of carbonyl (C=O) groups excluding carboxylic acids is 1. The number of hydrogen-bond acceptors (Lipinski definition) is 4. The maximum Gasteiger partial charge on any atom is 0.173 e. The van der Waals surface area contributed by atoms with Crippen molar-refractivity contribution in [3.8, 4) is 0 Å². The summed E-state index contributed by atoms with van der Waals surface area (Å²) in [5.74, 6) is 0.454. The van der Waals surface area contributed by atoms with Crippen molar-refractivity contribution >= 4 is 45.7 Å². The highest BCUT2D eigenvalue weighted by Crippen LogP contribution is 2.29. The van der Waals surface area contributed by atoms with Crippen LogP contribution in [0.5, 0.6) is 0 Å². The molecule has 0 radical (unpaired) electrons. The standard InChI is InChI=1S/C20H17NOS2/c1-21-17(12-11-15-7-5-6-10-18(15)21)13-20(23)24-14-19(22)16-8-3-2-4-9-16/h2-13H,14H2,1H3. The molecular formula is C20H17NOS2. The summed E-state index contributed by atoms with van der Waals surface area (Å²) < 4.78 is 0.713. The molecule has 3 rings (SSSR count). The number of nitrogens with zero attached hydrogens (tertiary/aromatic N) is 1. The number of thioether (sulfide) groups is 1. The molecule has 2 aromatic carbocycles. The van der Waals surface area contributed by atoms with Gasteiger partial charge in [-0.05, 0) is 23.8 Å². The zero-order chi connectivity index (χ0) is 16.9. The SMILES string of the molecule is CN1C(=CC(=S)SCC(=O)c2ccccc2)C=Cc2ccccc21. The first-order valence-electron chi connectivity index (χ1n) is 7.63. The van der Waals surface area contributed by atoms with Gasteiger partial charge in [0.15, 0.2) is 5.78 Å². The number of para-hydroxylation sites is 1. The van der Waals surface area contributed by atoms with Crippen LogP contribution in [0.3, 0.4) is 0 Å². The Labute approximate surface area is 151 Å². The Morgan fingerprint density at radius 2 is 1.79 bits per heavy atom. The van der Waals surface area contributed by atoms with Gasteiger partial charge >= 0.3 is 0 Å². The third kappa shape index (κ3) is 3.83. The van der Waals surface area contributed by atoms with Gasteiger partial charge in [0.25, 0.3) is 0 Å². The van der Waals surface area contributed by atoms with Crippen LogP contribution in [0.25, 0.3) is 6.08 Å². The Morgan fingerprint density at radius 3 is 2.58 bits per heavy atom. The average Bonchev–Trinajstić information content (AvgIpc) is 2.63. The van der Waals surface area contributed by atoms with Crippen LogP contribution < -0.4 is 4.90 Å². The molecule has 0 saturated carbocycles. The number of anilines is 1. The minimum Gasteiger partial charge on any atom is -0.344 e. The molecule has 0 saturated heterocycles. The van der Waals surface area contributed by atoms with E-state index in [4.69, 9.17) is 12.2 Å². The smallest absolute Gasteiger partial charge is 0.173 e. The zero-order valence-electron chi connectivity index (χ0n) is 13.3. The van der Waals surface area contributed by atoms with Gasteiger partial charge < -0.3 is 4.90 Å². The minimum absolute atomic E-state index is 0.0965. The number of fused-ring (bicyclic) bond motifs is 1. The fourth-order valence-corrected chi connectivity index (χ4v) is 3.45. The summed E-state index contributed by atoms with van der Waals surface area (Å²) in [5, 5.41) is 0. The number of benzene rings is 2. The Hall–Kier alpha value is -2.17. The van der Waals surface area contributed by atoms with Crippen molar-refractivity contribution in [3.05, 3.63) is 83.6 Å². The van der Waals surface area contributed by atoms with Crippen molar-refractivity contribution in [2.75, 3.05) is 17.7 Å². The number of ketones is 1. The molecule has 0 N–H and O–H groups in total.